The molecule has 1 aliphatic heterocycles. The summed E-state index contributed by atoms with van der Waals surface area (Å²) in [6.07, 6.45) is 1.44. The predicted octanol–water partition coefficient (Wildman–Crippen LogP) is 3.39. The van der Waals surface area contributed by atoms with E-state index < -0.39 is 17.9 Å². The predicted molar refractivity (Wildman–Crippen MR) is 101 cm³/mol. The molecular weight excluding hydrogens is 367 g/mol. The first kappa shape index (κ1) is 19.4. The smallest absolute Gasteiger partial charge is 0.409 e. The largest absolute Gasteiger partial charge is 0.488 e. The fourth-order valence-corrected chi connectivity index (χ4v) is 2.85. The van der Waals surface area contributed by atoms with Gasteiger partial charge in [0, 0.05) is 36.5 Å². The molecule has 28 heavy (non-hydrogen) atoms. The lowest BCUT2D eigenvalue weighted by Crippen LogP contribution is -2.30. The van der Waals surface area contributed by atoms with E-state index in [1.807, 2.05) is 6.92 Å². The number of pyridine rings is 1. The van der Waals surface area contributed by atoms with Crippen molar-refractivity contribution in [3.05, 3.63) is 48.0 Å². The number of ether oxygens (including phenoxy) is 2. The monoisotopic (exact) mass is 388 g/mol. The molecule has 0 aliphatic carbocycles. The molecule has 2 N–H and O–H groups in total. The molecule has 2 heterocycles. The number of carbonyl (C=O) groups is 2. The minimum Gasteiger partial charge on any atom is -0.488 e. The van der Waals surface area contributed by atoms with Crippen molar-refractivity contribution in [3.63, 3.8) is 0 Å². The maximum absolute atomic E-state index is 13.9. The van der Waals surface area contributed by atoms with Gasteiger partial charge in [0.25, 0.3) is 0 Å². The van der Waals surface area contributed by atoms with Gasteiger partial charge < -0.3 is 25.0 Å². The lowest BCUT2D eigenvalue weighted by Gasteiger charge is -2.16. The van der Waals surface area contributed by atoms with Gasteiger partial charge in [-0.3, -0.25) is 4.98 Å². The zero-order valence-corrected chi connectivity index (χ0v) is 15.6. The number of nitrogens with one attached hydrogen (secondary N) is 2. The third-order valence-electron chi connectivity index (χ3n) is 4.18. The standard InChI is InChI=1S/C19H21FN4O4/c1-12-3-4-14(10-21-12)22-18(25)23-15-7-13(20)8-17(9-15)28-16-5-6-24(11-16)19(26)27-2/h3-4,7-10,16H,5-6,11H2,1-2H3,(H2,22,23,25)/t16-/m0/s1. The van der Waals surface area contributed by atoms with Crippen LogP contribution in [0, 0.1) is 12.7 Å². The number of halogens is 1. The highest BCUT2D eigenvalue weighted by atomic mass is 19.1. The summed E-state index contributed by atoms with van der Waals surface area (Å²) in [5, 5.41) is 5.19. The van der Waals surface area contributed by atoms with Crippen LogP contribution in [0.3, 0.4) is 0 Å². The summed E-state index contributed by atoms with van der Waals surface area (Å²) in [6, 6.07) is 6.90. The van der Waals surface area contributed by atoms with Crippen LogP contribution in [0.25, 0.3) is 0 Å². The molecule has 1 saturated heterocycles. The number of carbonyl (C=O) groups excluding carboxylic acids is 2. The van der Waals surface area contributed by atoms with Crippen molar-refractivity contribution >= 4 is 23.5 Å². The second-order valence-electron chi connectivity index (χ2n) is 6.39. The molecule has 9 heteroatoms. The Kier molecular flexibility index (Phi) is 5.93. The minimum atomic E-state index is -0.548. The molecule has 1 aliphatic rings. The van der Waals surface area contributed by atoms with Crippen molar-refractivity contribution in [2.24, 2.45) is 0 Å². The van der Waals surface area contributed by atoms with E-state index >= 15 is 0 Å². The quantitative estimate of drug-likeness (QED) is 0.838. The molecule has 2 aromatic rings. The van der Waals surface area contributed by atoms with E-state index in [0.717, 1.165) is 5.69 Å². The molecule has 148 valence electrons. The van der Waals surface area contributed by atoms with E-state index in [2.05, 4.69) is 20.4 Å². The van der Waals surface area contributed by atoms with Crippen LogP contribution in [0.4, 0.5) is 25.4 Å². The van der Waals surface area contributed by atoms with Crippen molar-refractivity contribution in [3.8, 4) is 5.75 Å². The van der Waals surface area contributed by atoms with Gasteiger partial charge in [0.15, 0.2) is 0 Å². The molecule has 0 bridgehead atoms. The highest BCUT2D eigenvalue weighted by Gasteiger charge is 2.28. The molecular formula is C19H21FN4O4. The summed E-state index contributed by atoms with van der Waals surface area (Å²) in [4.78, 5) is 29.3. The average molecular weight is 388 g/mol. The fraction of sp³-hybridized carbons (Fsp3) is 0.316. The fourth-order valence-electron chi connectivity index (χ4n) is 2.85. The Morgan fingerprint density at radius 1 is 1.21 bits per heavy atom. The van der Waals surface area contributed by atoms with Crippen LogP contribution in [0.5, 0.6) is 5.75 Å². The number of likely N-dealkylation sites (tertiary alicyclic amines) is 1. The second-order valence-corrected chi connectivity index (χ2v) is 6.39. The molecule has 1 fully saturated rings. The van der Waals surface area contributed by atoms with Crippen LogP contribution in [-0.4, -0.2) is 48.3 Å². The number of aromatic nitrogens is 1. The van der Waals surface area contributed by atoms with E-state index in [4.69, 9.17) is 4.74 Å². The molecule has 8 nitrogen and oxygen atoms in total. The van der Waals surface area contributed by atoms with Gasteiger partial charge in [0.2, 0.25) is 0 Å². The number of benzene rings is 1. The van der Waals surface area contributed by atoms with Crippen LogP contribution in [-0.2, 0) is 4.74 Å². The lowest BCUT2D eigenvalue weighted by molar-refractivity contribution is 0.125. The summed E-state index contributed by atoms with van der Waals surface area (Å²) in [6.45, 7) is 2.70. The van der Waals surface area contributed by atoms with Crippen molar-refractivity contribution in [1.29, 1.82) is 0 Å². The van der Waals surface area contributed by atoms with Crippen LogP contribution in [0.2, 0.25) is 0 Å². The molecule has 1 aromatic carbocycles. The van der Waals surface area contributed by atoms with Gasteiger partial charge in [-0.2, -0.15) is 0 Å². The molecule has 1 aromatic heterocycles. The van der Waals surface area contributed by atoms with E-state index in [0.29, 0.717) is 25.2 Å². The first-order chi connectivity index (χ1) is 13.4. The van der Waals surface area contributed by atoms with Crippen molar-refractivity contribution in [2.45, 2.75) is 19.4 Å². The van der Waals surface area contributed by atoms with Crippen LogP contribution in [0.1, 0.15) is 12.1 Å². The number of aryl methyl sites for hydroxylation is 1. The number of urea groups is 1. The normalized spacial score (nSPS) is 15.8. The van der Waals surface area contributed by atoms with Gasteiger partial charge in [0.05, 0.1) is 25.5 Å². The zero-order valence-electron chi connectivity index (χ0n) is 15.6. The molecule has 0 spiro atoms. The summed E-state index contributed by atoms with van der Waals surface area (Å²) in [5.41, 5.74) is 1.59. The number of anilines is 2. The summed E-state index contributed by atoms with van der Waals surface area (Å²) >= 11 is 0. The summed E-state index contributed by atoms with van der Waals surface area (Å²) < 4.78 is 24.4. The number of methoxy groups -OCH3 is 1. The third-order valence-corrected chi connectivity index (χ3v) is 4.18. The van der Waals surface area contributed by atoms with Crippen molar-refractivity contribution < 1.29 is 23.5 Å². The van der Waals surface area contributed by atoms with E-state index in [9.17, 15) is 14.0 Å². The topological polar surface area (TPSA) is 92.8 Å². The Labute approximate surface area is 161 Å². The van der Waals surface area contributed by atoms with Crippen molar-refractivity contribution in [1.82, 2.24) is 9.88 Å². The molecule has 3 rings (SSSR count). The van der Waals surface area contributed by atoms with Gasteiger partial charge in [-0.1, -0.05) is 0 Å². The molecule has 3 amide bonds. The Hall–Kier alpha value is -3.36. The van der Waals surface area contributed by atoms with Crippen LogP contribution < -0.4 is 15.4 Å². The van der Waals surface area contributed by atoms with Crippen LogP contribution >= 0.6 is 0 Å². The minimum absolute atomic E-state index is 0.246. The van der Waals surface area contributed by atoms with Gasteiger partial charge in [0.1, 0.15) is 17.7 Å². The van der Waals surface area contributed by atoms with Crippen LogP contribution in [0.15, 0.2) is 36.5 Å². The van der Waals surface area contributed by atoms with E-state index in [-0.39, 0.29) is 17.5 Å². The highest BCUT2D eigenvalue weighted by molar-refractivity contribution is 5.99. The summed E-state index contributed by atoms with van der Waals surface area (Å²) in [7, 11) is 1.32. The number of hydrogen-bond donors (Lipinski definition) is 2. The average Bonchev–Trinajstić information content (AvgIpc) is 3.11. The molecule has 1 atom stereocenters. The first-order valence-electron chi connectivity index (χ1n) is 8.74. The van der Waals surface area contributed by atoms with Crippen molar-refractivity contribution in [2.75, 3.05) is 30.8 Å². The molecule has 0 unspecified atom stereocenters. The number of amides is 3. The lowest BCUT2D eigenvalue weighted by atomic mass is 10.2. The molecule has 0 saturated carbocycles. The zero-order chi connectivity index (χ0) is 20.1. The van der Waals surface area contributed by atoms with Gasteiger partial charge >= 0.3 is 12.1 Å². The third kappa shape index (κ3) is 5.09. The highest BCUT2D eigenvalue weighted by Crippen LogP contribution is 2.24. The van der Waals surface area contributed by atoms with Gasteiger partial charge in [-0.05, 0) is 25.1 Å². The number of nitrogens with zero attached hydrogens (tertiary/aromatic N) is 2. The van der Waals surface area contributed by atoms with Gasteiger partial charge in [-0.25, -0.2) is 14.0 Å². The maximum Gasteiger partial charge on any atom is 0.409 e. The van der Waals surface area contributed by atoms with E-state index in [1.165, 1.54) is 36.4 Å². The number of rotatable bonds is 4. The Morgan fingerprint density at radius 3 is 2.71 bits per heavy atom. The van der Waals surface area contributed by atoms with E-state index in [1.54, 1.807) is 12.1 Å². The second kappa shape index (κ2) is 8.55. The van der Waals surface area contributed by atoms with Gasteiger partial charge in [-0.15, -0.1) is 0 Å². The molecule has 0 radical (unpaired) electrons. The Morgan fingerprint density at radius 2 is 2.00 bits per heavy atom. The Balaban J connectivity index is 1.60. The first-order valence-corrected chi connectivity index (χ1v) is 8.74. The Bertz CT molecular complexity index is 860. The summed E-state index contributed by atoms with van der Waals surface area (Å²) in [5.74, 6) is -0.281. The SMILES string of the molecule is COC(=O)N1CC[C@H](Oc2cc(F)cc(NC(=O)Nc3ccc(C)nc3)c2)C1. The number of hydrogen-bond acceptors (Lipinski definition) is 5. The maximum atomic E-state index is 13.9.